The minimum Gasteiger partial charge on any atom is -0.507 e. The van der Waals surface area contributed by atoms with Crippen LogP contribution in [0, 0.1) is 6.92 Å². The number of aliphatic hydroxyl groups is 1. The molecule has 1 N–H and O–H groups in total. The lowest BCUT2D eigenvalue weighted by Crippen LogP contribution is -2.36. The van der Waals surface area contributed by atoms with E-state index in [4.69, 9.17) is 14.5 Å². The number of aliphatic imine (C=N–C) groups is 2. The van der Waals surface area contributed by atoms with Crippen LogP contribution in [0.15, 0.2) is 46.7 Å². The quantitative estimate of drug-likeness (QED) is 0.843. The molecule has 0 unspecified atom stereocenters. The van der Waals surface area contributed by atoms with E-state index in [0.717, 1.165) is 22.7 Å². The smallest absolute Gasteiger partial charge is 0.151 e. The van der Waals surface area contributed by atoms with Crippen molar-refractivity contribution in [1.82, 2.24) is 9.88 Å². The molecule has 0 fully saturated rings. The van der Waals surface area contributed by atoms with E-state index >= 15 is 0 Å². The molecule has 2 aliphatic heterocycles. The van der Waals surface area contributed by atoms with Crippen molar-refractivity contribution in [2.45, 2.75) is 6.92 Å². The summed E-state index contributed by atoms with van der Waals surface area (Å²) in [6.07, 6.45) is 4.91. The van der Waals surface area contributed by atoms with Crippen LogP contribution >= 0.6 is 0 Å². The van der Waals surface area contributed by atoms with Crippen molar-refractivity contribution in [1.29, 1.82) is 0 Å². The van der Waals surface area contributed by atoms with Gasteiger partial charge in [0.25, 0.3) is 0 Å². The molecule has 1 aromatic carbocycles. The number of hydrogen-bond donors (Lipinski definition) is 1. The number of amidine groups is 2. The fraction of sp³-hybridized carbons (Fsp3) is 0.250. The van der Waals surface area contributed by atoms with Crippen LogP contribution < -0.4 is 9.47 Å². The number of aliphatic hydroxyl groups excluding tert-OH is 1. The molecule has 0 atom stereocenters. The molecule has 0 aliphatic carbocycles. The second-order valence-corrected chi connectivity index (χ2v) is 6.23. The number of ether oxygens (including phenoxy) is 2. The molecule has 27 heavy (non-hydrogen) atoms. The van der Waals surface area contributed by atoms with E-state index in [9.17, 15) is 5.11 Å². The highest BCUT2D eigenvalue weighted by Gasteiger charge is 2.32. The van der Waals surface area contributed by atoms with E-state index in [2.05, 4.69) is 9.98 Å². The maximum absolute atomic E-state index is 10.5. The molecule has 3 heterocycles. The zero-order valence-corrected chi connectivity index (χ0v) is 15.4. The van der Waals surface area contributed by atoms with Crippen LogP contribution in [0.4, 0.5) is 5.69 Å². The fourth-order valence-corrected chi connectivity index (χ4v) is 3.37. The van der Waals surface area contributed by atoms with Crippen molar-refractivity contribution in [3.05, 3.63) is 53.4 Å². The number of hydrogen-bond acceptors (Lipinski definition) is 7. The molecule has 0 amide bonds. The van der Waals surface area contributed by atoms with Gasteiger partial charge in [-0.15, -0.1) is 0 Å². The standard InChI is InChI=1S/C20H20N4O3/c1-12-16(26-2)9-14-18(19(12)27-3)23-17(24-8-7-22-20(14)24)10-15(25)13-5-4-6-21-11-13/h4-6,9-11,25H,7-8H2,1-3H3/b15-10-. The molecule has 7 heteroatoms. The van der Waals surface area contributed by atoms with Gasteiger partial charge in [0.05, 0.1) is 26.3 Å². The van der Waals surface area contributed by atoms with Crippen molar-refractivity contribution in [2.75, 3.05) is 27.3 Å². The highest BCUT2D eigenvalue weighted by Crippen LogP contribution is 2.43. The van der Waals surface area contributed by atoms with Crippen LogP contribution in [-0.4, -0.2) is 54.0 Å². The first-order valence-corrected chi connectivity index (χ1v) is 8.61. The molecule has 138 valence electrons. The Bertz CT molecular complexity index is 980. The molecule has 4 rings (SSSR count). The van der Waals surface area contributed by atoms with Crippen LogP contribution in [0.1, 0.15) is 16.7 Å². The molecule has 2 aliphatic rings. The van der Waals surface area contributed by atoms with Gasteiger partial charge in [0.15, 0.2) is 5.75 Å². The summed E-state index contributed by atoms with van der Waals surface area (Å²) in [5.41, 5.74) is 3.05. The van der Waals surface area contributed by atoms with Gasteiger partial charge in [0, 0.05) is 36.1 Å². The maximum atomic E-state index is 10.5. The van der Waals surface area contributed by atoms with Crippen molar-refractivity contribution in [3.63, 3.8) is 0 Å². The summed E-state index contributed by atoms with van der Waals surface area (Å²) < 4.78 is 11.1. The average Bonchev–Trinajstić information content (AvgIpc) is 3.19. The van der Waals surface area contributed by atoms with E-state index in [0.29, 0.717) is 35.9 Å². The molecule has 0 saturated carbocycles. The molecule has 0 radical (unpaired) electrons. The first-order chi connectivity index (χ1) is 13.1. The van der Waals surface area contributed by atoms with Crippen LogP contribution in [-0.2, 0) is 0 Å². The molecule has 0 spiro atoms. The average molecular weight is 364 g/mol. The highest BCUT2D eigenvalue weighted by molar-refractivity contribution is 6.20. The summed E-state index contributed by atoms with van der Waals surface area (Å²) in [7, 11) is 3.25. The Balaban J connectivity index is 1.89. The van der Waals surface area contributed by atoms with E-state index in [1.54, 1.807) is 44.8 Å². The summed E-state index contributed by atoms with van der Waals surface area (Å²) in [5, 5.41) is 10.5. The lowest BCUT2D eigenvalue weighted by Gasteiger charge is -2.28. The van der Waals surface area contributed by atoms with Crippen molar-refractivity contribution >= 4 is 23.1 Å². The molecule has 0 saturated heterocycles. The van der Waals surface area contributed by atoms with Gasteiger partial charge in [-0.1, -0.05) is 0 Å². The van der Waals surface area contributed by atoms with E-state index in [-0.39, 0.29) is 5.76 Å². The van der Waals surface area contributed by atoms with Gasteiger partial charge in [-0.25, -0.2) is 4.99 Å². The number of methoxy groups -OCH3 is 2. The summed E-state index contributed by atoms with van der Waals surface area (Å²) >= 11 is 0. The molecule has 1 aromatic heterocycles. The first kappa shape index (κ1) is 17.1. The van der Waals surface area contributed by atoms with E-state index < -0.39 is 0 Å². The Morgan fingerprint density at radius 2 is 2.15 bits per heavy atom. The van der Waals surface area contributed by atoms with Crippen molar-refractivity contribution in [3.8, 4) is 11.5 Å². The predicted molar refractivity (Wildman–Crippen MR) is 104 cm³/mol. The third kappa shape index (κ3) is 2.81. The molecule has 2 aromatic rings. The van der Waals surface area contributed by atoms with Crippen LogP contribution in [0.3, 0.4) is 0 Å². The maximum Gasteiger partial charge on any atom is 0.151 e. The summed E-state index contributed by atoms with van der Waals surface area (Å²) in [6.45, 7) is 3.29. The normalized spacial score (nSPS) is 15.7. The predicted octanol–water partition coefficient (Wildman–Crippen LogP) is 3.11. The fourth-order valence-electron chi connectivity index (χ4n) is 3.37. The third-order valence-electron chi connectivity index (χ3n) is 4.69. The number of aromatic nitrogens is 1. The van der Waals surface area contributed by atoms with Crippen molar-refractivity contribution < 1.29 is 14.6 Å². The zero-order valence-electron chi connectivity index (χ0n) is 15.4. The Hall–Kier alpha value is -3.35. The second kappa shape index (κ2) is 6.75. The number of nitrogens with zero attached hydrogens (tertiary/aromatic N) is 4. The van der Waals surface area contributed by atoms with Gasteiger partial charge in [-0.05, 0) is 25.1 Å². The van der Waals surface area contributed by atoms with Gasteiger partial charge in [-0.3, -0.25) is 9.98 Å². The Morgan fingerprint density at radius 3 is 2.85 bits per heavy atom. The molecule has 0 bridgehead atoms. The Morgan fingerprint density at radius 1 is 1.30 bits per heavy atom. The van der Waals surface area contributed by atoms with Crippen LogP contribution in [0.2, 0.25) is 0 Å². The number of benzene rings is 1. The summed E-state index contributed by atoms with van der Waals surface area (Å²) in [6, 6.07) is 5.51. The number of rotatable bonds is 4. The van der Waals surface area contributed by atoms with E-state index in [1.807, 2.05) is 17.9 Å². The SMILES string of the molecule is COc1cc2c(c(OC)c1C)N=C(/C=C(\O)c1cccnc1)N1CCN=C21. The summed E-state index contributed by atoms with van der Waals surface area (Å²) in [4.78, 5) is 15.5. The largest absolute Gasteiger partial charge is 0.507 e. The Labute approximate surface area is 157 Å². The van der Waals surface area contributed by atoms with Gasteiger partial charge in [0.1, 0.15) is 28.9 Å². The molecular formula is C20H20N4O3. The van der Waals surface area contributed by atoms with Gasteiger partial charge < -0.3 is 19.5 Å². The lowest BCUT2D eigenvalue weighted by molar-refractivity contribution is 0.389. The van der Waals surface area contributed by atoms with Crippen LogP contribution in [0.25, 0.3) is 5.76 Å². The van der Waals surface area contributed by atoms with Gasteiger partial charge >= 0.3 is 0 Å². The number of pyridine rings is 1. The monoisotopic (exact) mass is 364 g/mol. The first-order valence-electron chi connectivity index (χ1n) is 8.61. The van der Waals surface area contributed by atoms with Gasteiger partial charge in [-0.2, -0.15) is 0 Å². The number of fused-ring (bicyclic) bond motifs is 3. The zero-order chi connectivity index (χ0) is 19.0. The second-order valence-electron chi connectivity index (χ2n) is 6.23. The molecular weight excluding hydrogens is 344 g/mol. The third-order valence-corrected chi connectivity index (χ3v) is 4.69. The van der Waals surface area contributed by atoms with Crippen molar-refractivity contribution in [2.24, 2.45) is 9.98 Å². The Kier molecular flexibility index (Phi) is 4.27. The minimum absolute atomic E-state index is 0.0979. The van der Waals surface area contributed by atoms with E-state index in [1.165, 1.54) is 0 Å². The molecule has 7 nitrogen and oxygen atoms in total. The van der Waals surface area contributed by atoms with Gasteiger partial charge in [0.2, 0.25) is 0 Å². The summed E-state index contributed by atoms with van der Waals surface area (Å²) in [5.74, 6) is 2.89. The topological polar surface area (TPSA) is 79.5 Å². The lowest BCUT2D eigenvalue weighted by atomic mass is 10.0. The minimum atomic E-state index is 0.0979. The van der Waals surface area contributed by atoms with Crippen LogP contribution in [0.5, 0.6) is 11.5 Å². The highest BCUT2D eigenvalue weighted by atomic mass is 16.5.